The SMILES string of the molecule is CCN1C(=O)CC2(CCN(C(=O)OC3=C(O)C(O)=C(O)[C@H](O)C3=O)CC2)C1=O. The molecule has 1 aliphatic carbocycles. The monoisotopic (exact) mass is 396 g/mol. The summed E-state index contributed by atoms with van der Waals surface area (Å²) in [6.07, 6.45) is -2.65. The van der Waals surface area contributed by atoms with Crippen LogP contribution in [-0.2, 0) is 19.1 Å². The van der Waals surface area contributed by atoms with E-state index in [-0.39, 0.29) is 50.7 Å². The van der Waals surface area contributed by atoms with Crippen LogP contribution in [0.2, 0.25) is 0 Å². The first-order valence-electron chi connectivity index (χ1n) is 8.72. The van der Waals surface area contributed by atoms with E-state index in [0.717, 1.165) is 0 Å². The van der Waals surface area contributed by atoms with Crippen LogP contribution >= 0.6 is 0 Å². The van der Waals surface area contributed by atoms with E-state index in [1.807, 2.05) is 0 Å². The highest BCUT2D eigenvalue weighted by molar-refractivity contribution is 6.06. The molecular formula is C17H20N2O9. The average molecular weight is 396 g/mol. The number of piperidine rings is 1. The molecule has 11 nitrogen and oxygen atoms in total. The van der Waals surface area contributed by atoms with Crippen LogP contribution in [0.1, 0.15) is 26.2 Å². The van der Waals surface area contributed by atoms with Crippen LogP contribution in [0.4, 0.5) is 4.79 Å². The third-order valence-electron chi connectivity index (χ3n) is 5.39. The van der Waals surface area contributed by atoms with Crippen molar-refractivity contribution in [3.63, 3.8) is 0 Å². The second kappa shape index (κ2) is 6.82. The summed E-state index contributed by atoms with van der Waals surface area (Å²) >= 11 is 0. The van der Waals surface area contributed by atoms with Gasteiger partial charge in [-0.3, -0.25) is 19.3 Å². The zero-order valence-corrected chi connectivity index (χ0v) is 15.0. The lowest BCUT2D eigenvalue weighted by molar-refractivity contribution is -0.142. The molecule has 1 atom stereocenters. The Bertz CT molecular complexity index is 820. The van der Waals surface area contributed by atoms with E-state index in [1.165, 1.54) is 9.80 Å². The van der Waals surface area contributed by atoms with Gasteiger partial charge in [0, 0.05) is 26.1 Å². The lowest BCUT2D eigenvalue weighted by atomic mass is 9.77. The summed E-state index contributed by atoms with van der Waals surface area (Å²) in [5, 5.41) is 38.1. The smallest absolute Gasteiger partial charge is 0.415 e. The third kappa shape index (κ3) is 2.87. The van der Waals surface area contributed by atoms with E-state index >= 15 is 0 Å². The predicted octanol–water partition coefficient (Wildman–Crippen LogP) is 0.0248. The summed E-state index contributed by atoms with van der Waals surface area (Å²) in [6, 6.07) is 0. The molecule has 0 unspecified atom stereocenters. The van der Waals surface area contributed by atoms with Crippen molar-refractivity contribution in [1.82, 2.24) is 9.80 Å². The number of ether oxygens (including phenoxy) is 1. The van der Waals surface area contributed by atoms with Crippen molar-refractivity contribution < 1.29 is 44.3 Å². The summed E-state index contributed by atoms with van der Waals surface area (Å²) in [4.78, 5) is 51.1. The van der Waals surface area contributed by atoms with Crippen LogP contribution in [0.25, 0.3) is 0 Å². The molecule has 1 spiro atoms. The number of hydrogen-bond donors (Lipinski definition) is 4. The van der Waals surface area contributed by atoms with E-state index < -0.39 is 46.4 Å². The fourth-order valence-electron chi connectivity index (χ4n) is 3.66. The van der Waals surface area contributed by atoms with E-state index in [1.54, 1.807) is 6.92 Å². The second-order valence-corrected chi connectivity index (χ2v) is 6.93. The maximum Gasteiger partial charge on any atom is 0.415 e. The van der Waals surface area contributed by atoms with Crippen LogP contribution in [0.15, 0.2) is 23.0 Å². The topological polar surface area (TPSA) is 165 Å². The first kappa shape index (κ1) is 19.7. The first-order chi connectivity index (χ1) is 13.1. The van der Waals surface area contributed by atoms with Gasteiger partial charge in [-0.2, -0.15) is 0 Å². The molecule has 11 heteroatoms. The number of carbonyl (C=O) groups is 4. The van der Waals surface area contributed by atoms with Crippen molar-refractivity contribution in [2.45, 2.75) is 32.3 Å². The van der Waals surface area contributed by atoms with Gasteiger partial charge in [0.1, 0.15) is 0 Å². The standard InChI is InChI=1S/C17H20N2O9/c1-2-19-8(20)7-17(15(19)26)3-5-18(6-4-17)16(27)28-14-12(24)10(22)9(21)11(23)13(14)25/h10,21-23,25H,2-7H2,1H3/t10-/m0/s1. The van der Waals surface area contributed by atoms with E-state index in [4.69, 9.17) is 4.74 Å². The Kier molecular flexibility index (Phi) is 4.79. The highest BCUT2D eigenvalue weighted by Crippen LogP contribution is 2.42. The summed E-state index contributed by atoms with van der Waals surface area (Å²) in [5.74, 6) is -6.26. The number of imide groups is 1. The number of likely N-dealkylation sites (tertiary alicyclic amines) is 2. The van der Waals surface area contributed by atoms with Gasteiger partial charge in [0.25, 0.3) is 0 Å². The van der Waals surface area contributed by atoms with Crippen LogP contribution in [0, 0.1) is 5.41 Å². The van der Waals surface area contributed by atoms with Gasteiger partial charge in [0.2, 0.25) is 34.9 Å². The molecule has 2 saturated heterocycles. The molecular weight excluding hydrogens is 376 g/mol. The van der Waals surface area contributed by atoms with Gasteiger partial charge in [-0.05, 0) is 19.8 Å². The van der Waals surface area contributed by atoms with E-state index in [0.29, 0.717) is 0 Å². The number of ketones is 1. The highest BCUT2D eigenvalue weighted by Gasteiger charge is 2.52. The number of aliphatic hydroxyl groups excluding tert-OH is 4. The Hall–Kier alpha value is -3.08. The number of Topliss-reactive ketones (excluding diaryl/α,β-unsaturated/α-hetero) is 1. The van der Waals surface area contributed by atoms with Crippen molar-refractivity contribution in [3.05, 3.63) is 23.0 Å². The minimum atomic E-state index is -2.16. The molecule has 0 saturated carbocycles. The molecule has 2 aliphatic heterocycles. The first-order valence-corrected chi connectivity index (χ1v) is 8.72. The zero-order chi connectivity index (χ0) is 20.8. The summed E-state index contributed by atoms with van der Waals surface area (Å²) in [6.45, 7) is 2.15. The number of nitrogens with zero attached hydrogens (tertiary/aromatic N) is 2. The molecule has 152 valence electrons. The fraction of sp³-hybridized carbons (Fsp3) is 0.529. The molecule has 2 fully saturated rings. The van der Waals surface area contributed by atoms with Crippen LogP contribution in [-0.4, -0.2) is 79.7 Å². The minimum Gasteiger partial charge on any atom is -0.506 e. The van der Waals surface area contributed by atoms with Crippen molar-refractivity contribution in [1.29, 1.82) is 0 Å². The molecule has 0 bridgehead atoms. The lowest BCUT2D eigenvalue weighted by Crippen LogP contribution is -2.47. The molecule has 3 amide bonds. The normalized spacial score (nSPS) is 25.2. The van der Waals surface area contributed by atoms with Crippen molar-refractivity contribution >= 4 is 23.7 Å². The molecule has 0 aromatic heterocycles. The molecule has 3 rings (SSSR count). The fourth-order valence-corrected chi connectivity index (χ4v) is 3.66. The van der Waals surface area contributed by atoms with Gasteiger partial charge < -0.3 is 30.1 Å². The molecule has 0 aromatic carbocycles. The van der Waals surface area contributed by atoms with Gasteiger partial charge >= 0.3 is 6.09 Å². The largest absolute Gasteiger partial charge is 0.506 e. The molecule has 3 aliphatic rings. The van der Waals surface area contributed by atoms with Crippen LogP contribution in [0.3, 0.4) is 0 Å². The average Bonchev–Trinajstić information content (AvgIpc) is 2.91. The van der Waals surface area contributed by atoms with Crippen molar-refractivity contribution in [2.24, 2.45) is 5.41 Å². The number of carbonyl (C=O) groups excluding carboxylic acids is 4. The Morgan fingerprint density at radius 3 is 2.29 bits per heavy atom. The van der Waals surface area contributed by atoms with Gasteiger partial charge in [-0.25, -0.2) is 4.79 Å². The summed E-state index contributed by atoms with van der Waals surface area (Å²) < 4.78 is 4.83. The second-order valence-electron chi connectivity index (χ2n) is 6.93. The summed E-state index contributed by atoms with van der Waals surface area (Å²) in [5.41, 5.74) is -0.852. The highest BCUT2D eigenvalue weighted by atomic mass is 16.6. The number of rotatable bonds is 2. The number of amides is 3. The van der Waals surface area contributed by atoms with Crippen molar-refractivity contribution in [3.8, 4) is 0 Å². The Labute approximate surface area is 159 Å². The molecule has 0 aromatic rings. The summed E-state index contributed by atoms with van der Waals surface area (Å²) in [7, 11) is 0. The van der Waals surface area contributed by atoms with Gasteiger partial charge in [0.05, 0.1) is 5.41 Å². The molecule has 28 heavy (non-hydrogen) atoms. The van der Waals surface area contributed by atoms with Gasteiger partial charge in [-0.15, -0.1) is 0 Å². The minimum absolute atomic E-state index is 0.0767. The van der Waals surface area contributed by atoms with Crippen LogP contribution < -0.4 is 0 Å². The molecule has 4 N–H and O–H groups in total. The molecule has 0 radical (unpaired) electrons. The predicted molar refractivity (Wildman–Crippen MR) is 89.7 cm³/mol. The maximum absolute atomic E-state index is 12.5. The van der Waals surface area contributed by atoms with Gasteiger partial charge in [-0.1, -0.05) is 0 Å². The van der Waals surface area contributed by atoms with Crippen molar-refractivity contribution in [2.75, 3.05) is 19.6 Å². The van der Waals surface area contributed by atoms with Crippen LogP contribution in [0.5, 0.6) is 0 Å². The Morgan fingerprint density at radius 1 is 1.14 bits per heavy atom. The Balaban J connectivity index is 1.69. The number of hydrogen-bond acceptors (Lipinski definition) is 9. The zero-order valence-electron chi connectivity index (χ0n) is 15.0. The quantitative estimate of drug-likeness (QED) is 0.471. The lowest BCUT2D eigenvalue weighted by Gasteiger charge is -2.36. The number of aliphatic hydroxyl groups is 4. The van der Waals surface area contributed by atoms with E-state index in [9.17, 15) is 39.6 Å². The molecule has 2 heterocycles. The third-order valence-corrected chi connectivity index (χ3v) is 5.39. The van der Waals surface area contributed by atoms with Gasteiger partial charge in [0.15, 0.2) is 11.9 Å². The maximum atomic E-state index is 12.5. The Morgan fingerprint density at radius 2 is 1.75 bits per heavy atom. The van der Waals surface area contributed by atoms with E-state index in [2.05, 4.69) is 0 Å².